The quantitative estimate of drug-likeness (QED) is 0.820. The molecule has 0 saturated heterocycles. The van der Waals surface area contributed by atoms with E-state index < -0.39 is 0 Å². The molecule has 0 radical (unpaired) electrons. The second-order valence-electron chi connectivity index (χ2n) is 4.09. The van der Waals surface area contributed by atoms with Crippen LogP contribution in [0.2, 0.25) is 0 Å². The standard InChI is InChI=1S/C15H14BrNOS/c1-11(18)17-13-6-8-14(9-7-13)19-10-12-4-2-3-5-15(12)16/h2-9H,10H2,1H3,(H,17,18). The highest BCUT2D eigenvalue weighted by Crippen LogP contribution is 2.27. The molecule has 2 aromatic carbocycles. The largest absolute Gasteiger partial charge is 0.326 e. The zero-order valence-corrected chi connectivity index (χ0v) is 12.9. The third-order valence-corrected chi connectivity index (χ3v) is 4.36. The molecular formula is C15H14BrNOS. The molecule has 2 nitrogen and oxygen atoms in total. The van der Waals surface area contributed by atoms with E-state index in [1.54, 1.807) is 11.8 Å². The van der Waals surface area contributed by atoms with Crippen LogP contribution in [0.5, 0.6) is 0 Å². The summed E-state index contributed by atoms with van der Waals surface area (Å²) >= 11 is 5.32. The monoisotopic (exact) mass is 335 g/mol. The Morgan fingerprint density at radius 3 is 2.47 bits per heavy atom. The molecule has 19 heavy (non-hydrogen) atoms. The van der Waals surface area contributed by atoms with Crippen molar-refractivity contribution in [3.05, 3.63) is 58.6 Å². The molecule has 0 aliphatic carbocycles. The number of hydrogen-bond acceptors (Lipinski definition) is 2. The van der Waals surface area contributed by atoms with Crippen LogP contribution in [-0.2, 0) is 10.5 Å². The van der Waals surface area contributed by atoms with Crippen molar-refractivity contribution in [3.63, 3.8) is 0 Å². The molecule has 0 aliphatic rings. The highest BCUT2D eigenvalue weighted by Gasteiger charge is 2.01. The number of thioether (sulfide) groups is 1. The molecule has 4 heteroatoms. The second-order valence-corrected chi connectivity index (χ2v) is 5.99. The molecule has 0 aliphatic heterocycles. The van der Waals surface area contributed by atoms with E-state index >= 15 is 0 Å². The SMILES string of the molecule is CC(=O)Nc1ccc(SCc2ccccc2Br)cc1. The molecule has 0 unspecified atom stereocenters. The number of hydrogen-bond donors (Lipinski definition) is 1. The first-order valence-electron chi connectivity index (χ1n) is 5.89. The lowest BCUT2D eigenvalue weighted by Gasteiger charge is -2.06. The van der Waals surface area contributed by atoms with Gasteiger partial charge >= 0.3 is 0 Å². The number of carbonyl (C=O) groups is 1. The Morgan fingerprint density at radius 1 is 1.16 bits per heavy atom. The van der Waals surface area contributed by atoms with Crippen LogP contribution in [-0.4, -0.2) is 5.91 Å². The maximum atomic E-state index is 10.9. The Hall–Kier alpha value is -1.26. The van der Waals surface area contributed by atoms with Crippen LogP contribution in [0.3, 0.4) is 0 Å². The first-order valence-corrected chi connectivity index (χ1v) is 7.67. The summed E-state index contributed by atoms with van der Waals surface area (Å²) < 4.78 is 1.14. The molecule has 1 amide bonds. The van der Waals surface area contributed by atoms with E-state index in [1.807, 2.05) is 36.4 Å². The van der Waals surface area contributed by atoms with Gasteiger partial charge < -0.3 is 5.32 Å². The van der Waals surface area contributed by atoms with E-state index in [2.05, 4.69) is 33.4 Å². The summed E-state index contributed by atoms with van der Waals surface area (Å²) in [5.74, 6) is 0.870. The molecule has 0 bridgehead atoms. The predicted molar refractivity (Wildman–Crippen MR) is 84.4 cm³/mol. The van der Waals surface area contributed by atoms with Crippen LogP contribution >= 0.6 is 27.7 Å². The number of nitrogens with one attached hydrogen (secondary N) is 1. The van der Waals surface area contributed by atoms with Crippen molar-refractivity contribution in [2.24, 2.45) is 0 Å². The van der Waals surface area contributed by atoms with Crippen molar-refractivity contribution in [2.45, 2.75) is 17.6 Å². The van der Waals surface area contributed by atoms with E-state index in [4.69, 9.17) is 0 Å². The number of benzene rings is 2. The van der Waals surface area contributed by atoms with Gasteiger partial charge in [0, 0.05) is 27.7 Å². The Labute approximate surface area is 125 Å². The third kappa shape index (κ3) is 4.40. The minimum atomic E-state index is -0.0476. The molecule has 1 N–H and O–H groups in total. The second kappa shape index (κ2) is 6.78. The van der Waals surface area contributed by atoms with E-state index in [1.165, 1.54) is 17.4 Å². The summed E-state index contributed by atoms with van der Waals surface area (Å²) in [6, 6.07) is 16.1. The smallest absolute Gasteiger partial charge is 0.221 e. The van der Waals surface area contributed by atoms with Crippen LogP contribution in [0, 0.1) is 0 Å². The summed E-state index contributed by atoms with van der Waals surface area (Å²) in [6.45, 7) is 1.51. The van der Waals surface area contributed by atoms with Gasteiger partial charge in [0.05, 0.1) is 0 Å². The molecule has 0 heterocycles. The lowest BCUT2D eigenvalue weighted by atomic mass is 10.2. The Morgan fingerprint density at radius 2 is 1.84 bits per heavy atom. The molecule has 0 atom stereocenters. The predicted octanol–water partition coefficient (Wildman–Crippen LogP) is 4.70. The van der Waals surface area contributed by atoms with Crippen molar-refractivity contribution in [2.75, 3.05) is 5.32 Å². The fraction of sp³-hybridized carbons (Fsp3) is 0.133. The number of rotatable bonds is 4. The Kier molecular flexibility index (Phi) is 5.05. The van der Waals surface area contributed by atoms with Gasteiger partial charge in [0.2, 0.25) is 5.91 Å². The summed E-state index contributed by atoms with van der Waals surface area (Å²) in [5, 5.41) is 2.76. The Balaban J connectivity index is 1.97. The summed E-state index contributed by atoms with van der Waals surface area (Å²) in [4.78, 5) is 12.1. The molecular weight excluding hydrogens is 322 g/mol. The van der Waals surface area contributed by atoms with E-state index in [0.29, 0.717) is 0 Å². The van der Waals surface area contributed by atoms with Crippen molar-refractivity contribution in [3.8, 4) is 0 Å². The fourth-order valence-electron chi connectivity index (χ4n) is 1.61. The van der Waals surface area contributed by atoms with Gasteiger partial charge in [0.25, 0.3) is 0 Å². The van der Waals surface area contributed by atoms with Crippen LogP contribution in [0.4, 0.5) is 5.69 Å². The van der Waals surface area contributed by atoms with Crippen LogP contribution in [0.1, 0.15) is 12.5 Å². The van der Waals surface area contributed by atoms with Crippen LogP contribution < -0.4 is 5.32 Å². The summed E-state index contributed by atoms with van der Waals surface area (Å²) in [5.41, 5.74) is 2.11. The van der Waals surface area contributed by atoms with Crippen molar-refractivity contribution >= 4 is 39.3 Å². The van der Waals surface area contributed by atoms with Crippen molar-refractivity contribution in [1.82, 2.24) is 0 Å². The zero-order valence-electron chi connectivity index (χ0n) is 10.5. The highest BCUT2D eigenvalue weighted by atomic mass is 79.9. The lowest BCUT2D eigenvalue weighted by Crippen LogP contribution is -2.05. The first kappa shape index (κ1) is 14.2. The number of anilines is 1. The topological polar surface area (TPSA) is 29.1 Å². The van der Waals surface area contributed by atoms with Gasteiger partial charge in [-0.1, -0.05) is 34.1 Å². The van der Waals surface area contributed by atoms with Crippen LogP contribution in [0.25, 0.3) is 0 Å². The molecule has 2 aromatic rings. The van der Waals surface area contributed by atoms with Gasteiger partial charge in [-0.2, -0.15) is 0 Å². The first-order chi connectivity index (χ1) is 9.15. The molecule has 0 fully saturated rings. The Bertz CT molecular complexity index is 569. The van der Waals surface area contributed by atoms with Gasteiger partial charge in [-0.25, -0.2) is 0 Å². The molecule has 0 aromatic heterocycles. The fourth-order valence-corrected chi connectivity index (χ4v) is 3.13. The minimum absolute atomic E-state index is 0.0476. The van der Waals surface area contributed by atoms with Crippen molar-refractivity contribution < 1.29 is 4.79 Å². The maximum Gasteiger partial charge on any atom is 0.221 e. The zero-order chi connectivity index (χ0) is 13.7. The average molecular weight is 336 g/mol. The van der Waals surface area contributed by atoms with Crippen molar-refractivity contribution in [1.29, 1.82) is 0 Å². The lowest BCUT2D eigenvalue weighted by molar-refractivity contribution is -0.114. The molecule has 98 valence electrons. The normalized spacial score (nSPS) is 10.2. The molecule has 0 saturated carbocycles. The van der Waals surface area contributed by atoms with Gasteiger partial charge in [-0.3, -0.25) is 4.79 Å². The molecule has 2 rings (SSSR count). The average Bonchev–Trinajstić information content (AvgIpc) is 2.39. The maximum absolute atomic E-state index is 10.9. The van der Waals surface area contributed by atoms with Gasteiger partial charge in [-0.15, -0.1) is 11.8 Å². The number of amides is 1. The van der Waals surface area contributed by atoms with Gasteiger partial charge in [0.1, 0.15) is 0 Å². The van der Waals surface area contributed by atoms with Gasteiger partial charge in [-0.05, 0) is 35.9 Å². The minimum Gasteiger partial charge on any atom is -0.326 e. The van der Waals surface area contributed by atoms with E-state index in [9.17, 15) is 4.79 Å². The van der Waals surface area contributed by atoms with E-state index in [-0.39, 0.29) is 5.91 Å². The molecule has 0 spiro atoms. The number of halogens is 1. The van der Waals surface area contributed by atoms with E-state index in [0.717, 1.165) is 15.9 Å². The van der Waals surface area contributed by atoms with Crippen LogP contribution in [0.15, 0.2) is 57.9 Å². The summed E-state index contributed by atoms with van der Waals surface area (Å²) in [7, 11) is 0. The third-order valence-electron chi connectivity index (χ3n) is 2.53. The summed E-state index contributed by atoms with van der Waals surface area (Å²) in [6.07, 6.45) is 0. The highest BCUT2D eigenvalue weighted by molar-refractivity contribution is 9.10. The number of carbonyl (C=O) groups excluding carboxylic acids is 1. The van der Waals surface area contributed by atoms with Gasteiger partial charge in [0.15, 0.2) is 0 Å².